The molecule has 0 atom stereocenters. The Hall–Kier alpha value is -3.15. The van der Waals surface area contributed by atoms with Crippen LogP contribution in [0.2, 0.25) is 10.0 Å². The van der Waals surface area contributed by atoms with Gasteiger partial charge < -0.3 is 10.1 Å². The van der Waals surface area contributed by atoms with Crippen molar-refractivity contribution in [2.24, 2.45) is 0 Å². The van der Waals surface area contributed by atoms with E-state index in [1.165, 1.54) is 24.3 Å². The maximum Gasteiger partial charge on any atom is 0.338 e. The smallest absolute Gasteiger partial charge is 0.338 e. The summed E-state index contributed by atoms with van der Waals surface area (Å²) >= 11 is 11.9. The second kappa shape index (κ2) is 9.37. The molecule has 0 aliphatic carbocycles. The fraction of sp³-hybridized carbons (Fsp3) is 0.0455. The molecule has 29 heavy (non-hydrogen) atoms. The van der Waals surface area contributed by atoms with E-state index in [4.69, 9.17) is 27.9 Å². The van der Waals surface area contributed by atoms with E-state index in [0.717, 1.165) is 0 Å². The molecule has 3 aromatic carbocycles. The first-order valence-corrected chi connectivity index (χ1v) is 9.31. The number of esters is 1. The van der Waals surface area contributed by atoms with Crippen LogP contribution >= 0.6 is 23.2 Å². The molecule has 0 aliphatic heterocycles. The van der Waals surface area contributed by atoms with Crippen molar-refractivity contribution < 1.29 is 19.1 Å². The number of anilines is 1. The molecule has 0 heterocycles. The Kier molecular flexibility index (Phi) is 6.65. The van der Waals surface area contributed by atoms with E-state index in [-0.39, 0.29) is 28.5 Å². The molecule has 1 amide bonds. The van der Waals surface area contributed by atoms with Crippen molar-refractivity contribution in [3.05, 3.63) is 99.5 Å². The van der Waals surface area contributed by atoms with Gasteiger partial charge in [-0.3, -0.25) is 9.59 Å². The zero-order valence-corrected chi connectivity index (χ0v) is 16.5. The summed E-state index contributed by atoms with van der Waals surface area (Å²) in [4.78, 5) is 36.4. The van der Waals surface area contributed by atoms with E-state index in [1.807, 2.05) is 0 Å². The topological polar surface area (TPSA) is 72.5 Å². The predicted octanol–water partition coefficient (Wildman–Crippen LogP) is 5.29. The molecule has 5 nitrogen and oxygen atoms in total. The van der Waals surface area contributed by atoms with E-state index >= 15 is 0 Å². The van der Waals surface area contributed by atoms with E-state index in [0.29, 0.717) is 16.3 Å². The molecule has 1 N–H and O–H groups in total. The Balaban J connectivity index is 1.58. The average Bonchev–Trinajstić information content (AvgIpc) is 2.72. The number of rotatable bonds is 6. The molecule has 0 aliphatic rings. The van der Waals surface area contributed by atoms with Crippen molar-refractivity contribution >= 4 is 46.5 Å². The fourth-order valence-corrected chi connectivity index (χ4v) is 2.98. The number of amides is 1. The Morgan fingerprint density at radius 1 is 0.828 bits per heavy atom. The molecule has 0 aromatic heterocycles. The van der Waals surface area contributed by atoms with Crippen LogP contribution in [0.3, 0.4) is 0 Å². The molecule has 3 rings (SSSR count). The van der Waals surface area contributed by atoms with Gasteiger partial charge in [-0.1, -0.05) is 53.5 Å². The maximum atomic E-state index is 12.3. The predicted molar refractivity (Wildman–Crippen MR) is 112 cm³/mol. The minimum absolute atomic E-state index is 0.235. The van der Waals surface area contributed by atoms with Crippen LogP contribution in [0, 0.1) is 0 Å². The lowest BCUT2D eigenvalue weighted by molar-refractivity contribution is 0.0475. The molecule has 0 saturated carbocycles. The highest BCUT2D eigenvalue weighted by molar-refractivity contribution is 6.37. The number of carbonyl (C=O) groups is 3. The quantitative estimate of drug-likeness (QED) is 0.428. The SMILES string of the molecule is O=C(COC(=O)c1ccc(NC(=O)c2ccc(Cl)cc2Cl)cc1)c1ccccc1. The summed E-state index contributed by atoms with van der Waals surface area (Å²) in [7, 11) is 0. The maximum absolute atomic E-state index is 12.3. The fourth-order valence-electron chi connectivity index (χ4n) is 2.48. The lowest BCUT2D eigenvalue weighted by Gasteiger charge is -2.08. The molecular weight excluding hydrogens is 413 g/mol. The second-order valence-corrected chi connectivity index (χ2v) is 6.86. The summed E-state index contributed by atoms with van der Waals surface area (Å²) in [6.45, 7) is -0.351. The van der Waals surface area contributed by atoms with Crippen LogP contribution in [0.15, 0.2) is 72.8 Å². The summed E-state index contributed by atoms with van der Waals surface area (Å²) < 4.78 is 5.06. The van der Waals surface area contributed by atoms with Crippen molar-refractivity contribution in [1.29, 1.82) is 0 Å². The van der Waals surface area contributed by atoms with Crippen LogP contribution in [0.4, 0.5) is 5.69 Å². The average molecular weight is 428 g/mol. The van der Waals surface area contributed by atoms with Crippen LogP contribution < -0.4 is 5.32 Å². The van der Waals surface area contributed by atoms with Gasteiger partial charge in [0.25, 0.3) is 5.91 Å². The van der Waals surface area contributed by atoms with Crippen LogP contribution in [-0.2, 0) is 4.74 Å². The monoisotopic (exact) mass is 427 g/mol. The molecule has 0 radical (unpaired) electrons. The molecule has 0 fully saturated rings. The van der Waals surface area contributed by atoms with E-state index in [1.54, 1.807) is 48.5 Å². The van der Waals surface area contributed by atoms with Crippen molar-refractivity contribution in [2.45, 2.75) is 0 Å². The molecule has 0 unspecified atom stereocenters. The number of hydrogen-bond acceptors (Lipinski definition) is 4. The Labute approximate surface area is 177 Å². The van der Waals surface area contributed by atoms with Gasteiger partial charge >= 0.3 is 5.97 Å². The van der Waals surface area contributed by atoms with Gasteiger partial charge in [-0.2, -0.15) is 0 Å². The molecule has 7 heteroatoms. The molecule has 0 bridgehead atoms. The number of nitrogens with one attached hydrogen (secondary N) is 1. The van der Waals surface area contributed by atoms with Gasteiger partial charge in [0.05, 0.1) is 16.1 Å². The summed E-state index contributed by atoms with van der Waals surface area (Å²) in [6.07, 6.45) is 0. The second-order valence-electron chi connectivity index (χ2n) is 6.02. The molecule has 3 aromatic rings. The van der Waals surface area contributed by atoms with Gasteiger partial charge in [0, 0.05) is 16.3 Å². The lowest BCUT2D eigenvalue weighted by atomic mass is 10.1. The highest BCUT2D eigenvalue weighted by Crippen LogP contribution is 2.22. The zero-order chi connectivity index (χ0) is 20.8. The zero-order valence-electron chi connectivity index (χ0n) is 15.0. The Bertz CT molecular complexity index is 1050. The largest absolute Gasteiger partial charge is 0.454 e. The van der Waals surface area contributed by atoms with E-state index in [9.17, 15) is 14.4 Å². The minimum Gasteiger partial charge on any atom is -0.454 e. The van der Waals surface area contributed by atoms with E-state index in [2.05, 4.69) is 5.32 Å². The number of ketones is 1. The van der Waals surface area contributed by atoms with Crippen LogP contribution in [0.1, 0.15) is 31.1 Å². The Morgan fingerprint density at radius 2 is 1.52 bits per heavy atom. The number of benzene rings is 3. The van der Waals surface area contributed by atoms with Gasteiger partial charge in [-0.15, -0.1) is 0 Å². The van der Waals surface area contributed by atoms with Gasteiger partial charge in [0.15, 0.2) is 12.4 Å². The third-order valence-corrected chi connectivity index (χ3v) is 4.53. The Morgan fingerprint density at radius 3 is 2.17 bits per heavy atom. The first kappa shape index (κ1) is 20.6. The standard InChI is InChI=1S/C22H15Cl2NO4/c23-16-8-11-18(19(24)12-16)21(27)25-17-9-6-15(7-10-17)22(28)29-13-20(26)14-4-2-1-3-5-14/h1-12H,13H2,(H,25,27). The number of Topliss-reactive ketones (excluding diaryl/α,β-unsaturated/α-hetero) is 1. The molecule has 0 spiro atoms. The van der Waals surface area contributed by atoms with Gasteiger partial charge in [-0.25, -0.2) is 4.79 Å². The number of carbonyl (C=O) groups excluding carboxylic acids is 3. The van der Waals surface area contributed by atoms with Crippen LogP contribution in [0.25, 0.3) is 0 Å². The highest BCUT2D eigenvalue weighted by atomic mass is 35.5. The number of hydrogen-bond donors (Lipinski definition) is 1. The van der Waals surface area contributed by atoms with Crippen molar-refractivity contribution in [1.82, 2.24) is 0 Å². The van der Waals surface area contributed by atoms with Crippen molar-refractivity contribution in [3.8, 4) is 0 Å². The summed E-state index contributed by atoms with van der Waals surface area (Å²) in [5.74, 6) is -1.33. The summed E-state index contributed by atoms with van der Waals surface area (Å²) in [5, 5.41) is 3.35. The molecular formula is C22H15Cl2NO4. The van der Waals surface area contributed by atoms with Gasteiger partial charge in [-0.05, 0) is 42.5 Å². The molecule has 0 saturated heterocycles. The molecule has 146 valence electrons. The number of ether oxygens (including phenoxy) is 1. The first-order valence-electron chi connectivity index (χ1n) is 8.56. The summed E-state index contributed by atoms with van der Waals surface area (Å²) in [5.41, 5.74) is 1.48. The van der Waals surface area contributed by atoms with Gasteiger partial charge in [0.2, 0.25) is 0 Å². The van der Waals surface area contributed by atoms with E-state index < -0.39 is 11.9 Å². The van der Waals surface area contributed by atoms with Crippen LogP contribution in [0.5, 0.6) is 0 Å². The van der Waals surface area contributed by atoms with Crippen molar-refractivity contribution in [3.63, 3.8) is 0 Å². The third-order valence-electron chi connectivity index (χ3n) is 3.98. The van der Waals surface area contributed by atoms with Crippen molar-refractivity contribution in [2.75, 3.05) is 11.9 Å². The third kappa shape index (κ3) is 5.44. The number of halogens is 2. The van der Waals surface area contributed by atoms with Gasteiger partial charge in [0.1, 0.15) is 0 Å². The van der Waals surface area contributed by atoms with Crippen LogP contribution in [-0.4, -0.2) is 24.3 Å². The first-order chi connectivity index (χ1) is 13.9. The highest BCUT2D eigenvalue weighted by Gasteiger charge is 2.13. The lowest BCUT2D eigenvalue weighted by Crippen LogP contribution is -2.15. The normalized spacial score (nSPS) is 10.3. The minimum atomic E-state index is -0.632. The summed E-state index contributed by atoms with van der Waals surface area (Å²) in [6, 6.07) is 19.2.